The number of anilines is 1. The van der Waals surface area contributed by atoms with E-state index in [1.165, 1.54) is 24.3 Å². The van der Waals surface area contributed by atoms with E-state index in [1.807, 2.05) is 12.1 Å². The molecule has 0 bridgehead atoms. The molecule has 1 atom stereocenters. The van der Waals surface area contributed by atoms with Crippen molar-refractivity contribution >= 4 is 27.4 Å². The lowest BCUT2D eigenvalue weighted by Gasteiger charge is -2.29. The van der Waals surface area contributed by atoms with Gasteiger partial charge in [-0.2, -0.15) is 22.7 Å². The topological polar surface area (TPSA) is 152 Å². The normalized spacial score (nSPS) is 13.2. The zero-order chi connectivity index (χ0) is 38.9. The minimum absolute atomic E-state index is 0.0155. The molecule has 0 aliphatic carbocycles. The second kappa shape index (κ2) is 17.4. The number of benzene rings is 4. The van der Waals surface area contributed by atoms with Gasteiger partial charge in [0.25, 0.3) is 5.69 Å². The summed E-state index contributed by atoms with van der Waals surface area (Å²) in [6, 6.07) is 24.0. The molecule has 54 heavy (non-hydrogen) atoms. The predicted molar refractivity (Wildman–Crippen MR) is 192 cm³/mol. The number of para-hydroxylation sites is 2. The Kier molecular flexibility index (Phi) is 12.8. The Balaban J connectivity index is 1.31. The van der Waals surface area contributed by atoms with Crippen molar-refractivity contribution in [3.05, 3.63) is 123 Å². The number of fused-ring (bicyclic) bond motifs is 1. The monoisotopic (exact) mass is 766 g/mol. The summed E-state index contributed by atoms with van der Waals surface area (Å²) < 4.78 is 83.7. The molecular formula is C38H37F3N4O8S. The van der Waals surface area contributed by atoms with Crippen LogP contribution in [0.4, 0.5) is 24.5 Å². The second-order valence-corrected chi connectivity index (χ2v) is 14.4. The molecule has 0 fully saturated rings. The largest absolute Gasteiger partial charge is 0.488 e. The predicted octanol–water partition coefficient (Wildman–Crippen LogP) is 6.72. The van der Waals surface area contributed by atoms with Crippen molar-refractivity contribution in [1.82, 2.24) is 4.31 Å². The average Bonchev–Trinajstić information content (AvgIpc) is 3.56. The minimum atomic E-state index is -4.58. The number of ether oxygens (including phenoxy) is 3. The highest BCUT2D eigenvalue weighted by molar-refractivity contribution is 7.89. The van der Waals surface area contributed by atoms with Gasteiger partial charge in [-0.3, -0.25) is 10.1 Å². The molecule has 284 valence electrons. The number of nitriles is 1. The second-order valence-electron chi connectivity index (χ2n) is 12.5. The summed E-state index contributed by atoms with van der Waals surface area (Å²) in [5.41, 5.74) is 2.98. The molecule has 0 N–H and O–H groups in total. The van der Waals surface area contributed by atoms with Crippen LogP contribution in [0.3, 0.4) is 0 Å². The highest BCUT2D eigenvalue weighted by Gasteiger charge is 2.32. The van der Waals surface area contributed by atoms with Crippen LogP contribution < -0.4 is 14.4 Å². The molecule has 12 nitrogen and oxygen atoms in total. The first-order chi connectivity index (χ1) is 25.8. The summed E-state index contributed by atoms with van der Waals surface area (Å²) in [7, 11) is -4.29. The highest BCUT2D eigenvalue weighted by atomic mass is 32.2. The Morgan fingerprint density at radius 1 is 1.00 bits per heavy atom. The molecule has 0 aromatic heterocycles. The van der Waals surface area contributed by atoms with Crippen LogP contribution in [-0.2, 0) is 27.6 Å². The maximum Gasteiger partial charge on any atom is 0.422 e. The van der Waals surface area contributed by atoms with E-state index < -0.39 is 39.7 Å². The van der Waals surface area contributed by atoms with E-state index in [2.05, 4.69) is 11.0 Å². The molecule has 4 aromatic rings. The number of rotatable bonds is 17. The number of halogens is 3. The number of non-ortho nitro benzene ring substituents is 1. The molecule has 4 aromatic carbocycles. The first kappa shape index (κ1) is 39.5. The number of hydrogen-bond donors (Lipinski definition) is 0. The van der Waals surface area contributed by atoms with Crippen molar-refractivity contribution in [2.75, 3.05) is 44.4 Å². The van der Waals surface area contributed by atoms with E-state index in [4.69, 9.17) is 14.2 Å². The van der Waals surface area contributed by atoms with Gasteiger partial charge in [-0.15, -0.1) is 0 Å². The number of hydrogen-bond acceptors (Lipinski definition) is 10. The number of nitro benzene ring substituents is 1. The summed E-state index contributed by atoms with van der Waals surface area (Å²) in [6.45, 7) is 1.00. The van der Waals surface area contributed by atoms with Gasteiger partial charge in [0.05, 0.1) is 33.2 Å². The summed E-state index contributed by atoms with van der Waals surface area (Å²) >= 11 is 0. The fraction of sp³-hybridized carbons (Fsp3) is 0.316. The summed E-state index contributed by atoms with van der Waals surface area (Å²) in [6.07, 6.45) is -3.23. The lowest BCUT2D eigenvalue weighted by atomic mass is 9.99. The van der Waals surface area contributed by atoms with Crippen molar-refractivity contribution in [2.45, 2.75) is 43.3 Å². The Bertz CT molecular complexity index is 2090. The number of esters is 1. The van der Waals surface area contributed by atoms with Gasteiger partial charge >= 0.3 is 12.1 Å². The molecule has 1 aliphatic heterocycles. The Morgan fingerprint density at radius 2 is 1.67 bits per heavy atom. The molecule has 0 saturated heterocycles. The molecular weight excluding hydrogens is 729 g/mol. The van der Waals surface area contributed by atoms with Crippen LogP contribution in [0.15, 0.2) is 95.9 Å². The average molecular weight is 767 g/mol. The fourth-order valence-electron chi connectivity index (χ4n) is 6.19. The summed E-state index contributed by atoms with van der Waals surface area (Å²) in [5.74, 6) is -0.597. The quantitative estimate of drug-likeness (QED) is 0.0490. The van der Waals surface area contributed by atoms with Crippen LogP contribution in [0.1, 0.15) is 40.4 Å². The van der Waals surface area contributed by atoms with Gasteiger partial charge in [-0.05, 0) is 79.8 Å². The van der Waals surface area contributed by atoms with Gasteiger partial charge < -0.3 is 19.1 Å². The summed E-state index contributed by atoms with van der Waals surface area (Å²) in [4.78, 5) is 24.7. The van der Waals surface area contributed by atoms with Crippen LogP contribution >= 0.6 is 0 Å². The van der Waals surface area contributed by atoms with Crippen molar-refractivity contribution in [1.29, 1.82) is 5.26 Å². The van der Waals surface area contributed by atoms with E-state index in [-0.39, 0.29) is 48.3 Å². The Morgan fingerprint density at radius 3 is 2.31 bits per heavy atom. The maximum absolute atomic E-state index is 14.0. The third kappa shape index (κ3) is 10.1. The SMILES string of the molecule is C[C@H](Cc1cc(C#N)c2c(c1)CCN2CCCOC(=O)c1ccccc1)N(CCOc1ccccc1OCC(F)(F)F)S(=O)(=O)c1ccc([N+](=O)[O-])cc1. The Hall–Kier alpha value is -5.66. The van der Waals surface area contributed by atoms with E-state index in [0.717, 1.165) is 39.8 Å². The standard InChI is InChI=1S/C38H37F3N4O8S/c1-27(22-28-23-30-16-18-43(36(30)31(24-28)25-42)17-7-20-52-37(46)29-8-3-2-4-9-29)44(54(49,50)33-14-12-32(13-15-33)45(47)48)19-21-51-34-10-5-6-11-35(34)53-26-38(39,40)41/h2-6,8-15,23-24,27H,7,16-22,26H2,1H3/t27-/m1/s1. The molecule has 0 amide bonds. The number of carbonyl (C=O) groups is 1. The molecule has 0 unspecified atom stereocenters. The van der Waals surface area contributed by atoms with Gasteiger partial charge in [-0.25, -0.2) is 13.2 Å². The zero-order valence-corrected chi connectivity index (χ0v) is 30.0. The third-order valence-electron chi connectivity index (χ3n) is 8.64. The van der Waals surface area contributed by atoms with Gasteiger partial charge in [0.15, 0.2) is 18.1 Å². The molecule has 0 saturated carbocycles. The number of nitrogens with zero attached hydrogens (tertiary/aromatic N) is 4. The molecule has 0 radical (unpaired) electrons. The number of sulfonamides is 1. The molecule has 0 spiro atoms. The van der Waals surface area contributed by atoms with E-state index >= 15 is 0 Å². The zero-order valence-electron chi connectivity index (χ0n) is 29.2. The van der Waals surface area contributed by atoms with Gasteiger partial charge in [-0.1, -0.05) is 36.4 Å². The van der Waals surface area contributed by atoms with Gasteiger partial charge in [0.2, 0.25) is 10.0 Å². The Labute approximate surface area is 310 Å². The van der Waals surface area contributed by atoms with Crippen molar-refractivity contribution in [3.8, 4) is 17.6 Å². The van der Waals surface area contributed by atoms with E-state index in [0.29, 0.717) is 42.6 Å². The van der Waals surface area contributed by atoms with Crippen LogP contribution in [-0.4, -0.2) is 75.3 Å². The fourth-order valence-corrected chi connectivity index (χ4v) is 7.80. The van der Waals surface area contributed by atoms with Crippen molar-refractivity contribution in [3.63, 3.8) is 0 Å². The summed E-state index contributed by atoms with van der Waals surface area (Å²) in [5, 5.41) is 21.4. The highest BCUT2D eigenvalue weighted by Crippen LogP contribution is 2.34. The lowest BCUT2D eigenvalue weighted by molar-refractivity contribution is -0.384. The molecule has 1 aliphatic rings. The third-order valence-corrected chi connectivity index (χ3v) is 10.7. The smallest absolute Gasteiger partial charge is 0.422 e. The van der Waals surface area contributed by atoms with Gasteiger partial charge in [0, 0.05) is 37.8 Å². The van der Waals surface area contributed by atoms with Crippen molar-refractivity contribution < 1.29 is 45.5 Å². The van der Waals surface area contributed by atoms with Crippen molar-refractivity contribution in [2.24, 2.45) is 0 Å². The minimum Gasteiger partial charge on any atom is -0.488 e. The maximum atomic E-state index is 14.0. The molecule has 16 heteroatoms. The van der Waals surface area contributed by atoms with Crippen LogP contribution in [0.2, 0.25) is 0 Å². The van der Waals surface area contributed by atoms with Crippen LogP contribution in [0.5, 0.6) is 11.5 Å². The van der Waals surface area contributed by atoms with E-state index in [1.54, 1.807) is 37.3 Å². The number of alkyl halides is 3. The van der Waals surface area contributed by atoms with Gasteiger partial charge in [0.1, 0.15) is 12.7 Å². The van der Waals surface area contributed by atoms with E-state index in [9.17, 15) is 41.8 Å². The number of nitro groups is 1. The lowest BCUT2D eigenvalue weighted by Crippen LogP contribution is -2.42. The number of carbonyl (C=O) groups excluding carboxylic acids is 1. The van der Waals surface area contributed by atoms with Crippen LogP contribution in [0.25, 0.3) is 0 Å². The van der Waals surface area contributed by atoms with Crippen LogP contribution in [0, 0.1) is 21.4 Å². The molecule has 1 heterocycles. The first-order valence-corrected chi connectivity index (χ1v) is 18.4. The molecule has 5 rings (SSSR count). The first-order valence-electron chi connectivity index (χ1n) is 17.0.